The number of benzene rings is 2. The van der Waals surface area contributed by atoms with Gasteiger partial charge in [-0.3, -0.25) is 9.59 Å². The third-order valence-electron chi connectivity index (χ3n) is 5.97. The molecule has 12 heteroatoms. The van der Waals surface area contributed by atoms with Crippen molar-refractivity contribution in [3.05, 3.63) is 58.4 Å². The molecule has 2 aromatic carbocycles. The molecule has 4 rings (SSSR count). The van der Waals surface area contributed by atoms with Crippen molar-refractivity contribution in [3.8, 4) is 0 Å². The molecule has 2 aromatic rings. The van der Waals surface area contributed by atoms with Gasteiger partial charge >= 0.3 is 0 Å². The summed E-state index contributed by atoms with van der Waals surface area (Å²) < 4.78 is 69.6. The van der Waals surface area contributed by atoms with Crippen molar-refractivity contribution in [3.63, 3.8) is 0 Å². The van der Waals surface area contributed by atoms with E-state index in [4.69, 9.17) is 11.6 Å². The number of nitrogens with one attached hydrogen (secondary N) is 2. The number of halogens is 4. The highest BCUT2D eigenvalue weighted by atomic mass is 35.5. The third kappa shape index (κ3) is 5.17. The molecule has 1 aliphatic carbocycles. The summed E-state index contributed by atoms with van der Waals surface area (Å²) in [6, 6.07) is 7.47. The molecule has 1 heterocycles. The first kappa shape index (κ1) is 25.5. The molecule has 2 fully saturated rings. The van der Waals surface area contributed by atoms with Gasteiger partial charge in [-0.1, -0.05) is 36.7 Å². The van der Waals surface area contributed by atoms with Crippen LogP contribution < -0.4 is 10.6 Å². The van der Waals surface area contributed by atoms with Gasteiger partial charge in [0.2, 0.25) is 21.8 Å². The van der Waals surface area contributed by atoms with Gasteiger partial charge in [0.05, 0.1) is 5.92 Å². The smallest absolute Gasteiger partial charge is 0.252 e. The van der Waals surface area contributed by atoms with E-state index in [9.17, 15) is 26.8 Å². The van der Waals surface area contributed by atoms with Gasteiger partial charge in [0, 0.05) is 54.7 Å². The van der Waals surface area contributed by atoms with Gasteiger partial charge in [-0.25, -0.2) is 21.6 Å². The molecule has 0 radical (unpaired) electrons. The summed E-state index contributed by atoms with van der Waals surface area (Å²) in [7, 11) is -4.17. The normalized spacial score (nSPS) is 18.4. The lowest BCUT2D eigenvalue weighted by molar-refractivity contribution is -0.129. The van der Waals surface area contributed by atoms with E-state index >= 15 is 4.39 Å². The van der Waals surface area contributed by atoms with Crippen LogP contribution in [0.2, 0.25) is 5.02 Å². The van der Waals surface area contributed by atoms with Crippen molar-refractivity contribution in [2.24, 2.45) is 0 Å². The quantitative estimate of drug-likeness (QED) is 0.507. The van der Waals surface area contributed by atoms with Gasteiger partial charge in [-0.05, 0) is 23.8 Å². The Balaban J connectivity index is 1.87. The Morgan fingerprint density at radius 1 is 1.17 bits per heavy atom. The molecule has 188 valence electrons. The average molecular weight is 530 g/mol. The maximum absolute atomic E-state index is 16.1. The van der Waals surface area contributed by atoms with Crippen LogP contribution in [0, 0.1) is 5.82 Å². The zero-order valence-electron chi connectivity index (χ0n) is 18.7. The van der Waals surface area contributed by atoms with Crippen LogP contribution in [-0.2, 0) is 19.6 Å². The van der Waals surface area contributed by atoms with Crippen molar-refractivity contribution in [2.45, 2.75) is 49.0 Å². The SMILES string of the molecule is CCC(=O)Nc1ccc(S(=O)(=O)N2CC2)c(F)c1C(C(=O)NC1CC(F)(F)C1)c1ccccc1Cl. The lowest BCUT2D eigenvalue weighted by Crippen LogP contribution is -2.51. The number of carbonyl (C=O) groups excluding carboxylic acids is 2. The molecule has 1 atom stereocenters. The fourth-order valence-electron chi connectivity index (χ4n) is 4.01. The third-order valence-corrected chi connectivity index (χ3v) is 8.23. The average Bonchev–Trinajstić information content (AvgIpc) is 3.61. The summed E-state index contributed by atoms with van der Waals surface area (Å²) >= 11 is 6.33. The number of amides is 2. The number of carbonyl (C=O) groups is 2. The van der Waals surface area contributed by atoms with E-state index in [1.807, 2.05) is 0 Å². The second kappa shape index (κ2) is 9.44. The summed E-state index contributed by atoms with van der Waals surface area (Å²) in [4.78, 5) is 24.9. The standard InChI is InChI=1S/C23H23ClF3N3O4S/c1-2-18(31)29-16-7-8-17(35(33,34)30-9-10-30)21(25)20(16)19(14-5-3-4-6-15(14)24)22(32)28-13-11-23(26,27)12-13/h3-8,13,19H,2,9-12H2,1H3,(H,28,32)(H,29,31). The molecule has 1 saturated heterocycles. The molecule has 2 amide bonds. The van der Waals surface area contributed by atoms with Gasteiger partial charge in [0.1, 0.15) is 10.7 Å². The summed E-state index contributed by atoms with van der Waals surface area (Å²) in [5, 5.41) is 5.09. The number of nitrogens with zero attached hydrogens (tertiary/aromatic N) is 1. The number of hydrogen-bond donors (Lipinski definition) is 2. The van der Waals surface area contributed by atoms with E-state index in [2.05, 4.69) is 10.6 Å². The predicted octanol–water partition coefficient (Wildman–Crippen LogP) is 3.88. The van der Waals surface area contributed by atoms with Crippen LogP contribution in [0.3, 0.4) is 0 Å². The number of alkyl halides is 2. The fourth-order valence-corrected chi connectivity index (χ4v) is 5.67. The minimum atomic E-state index is -4.17. The minimum Gasteiger partial charge on any atom is -0.352 e. The molecule has 1 aliphatic heterocycles. The summed E-state index contributed by atoms with van der Waals surface area (Å²) in [5.74, 6) is -6.98. The largest absolute Gasteiger partial charge is 0.352 e. The Kier molecular flexibility index (Phi) is 6.87. The first-order valence-electron chi connectivity index (χ1n) is 11.0. The predicted molar refractivity (Wildman–Crippen MR) is 123 cm³/mol. The molecule has 1 saturated carbocycles. The fraction of sp³-hybridized carbons (Fsp3) is 0.391. The number of rotatable bonds is 8. The first-order valence-corrected chi connectivity index (χ1v) is 12.8. The molecule has 2 aliphatic rings. The van der Waals surface area contributed by atoms with E-state index in [0.29, 0.717) is 0 Å². The van der Waals surface area contributed by atoms with Crippen molar-refractivity contribution in [1.82, 2.24) is 9.62 Å². The Hall–Kier alpha value is -2.63. The Morgan fingerprint density at radius 3 is 2.40 bits per heavy atom. The van der Waals surface area contributed by atoms with Gasteiger partial charge in [-0.15, -0.1) is 0 Å². The molecule has 0 spiro atoms. The summed E-state index contributed by atoms with van der Waals surface area (Å²) in [5.41, 5.74) is -0.394. The van der Waals surface area contributed by atoms with Gasteiger partial charge in [-0.2, -0.15) is 4.31 Å². The van der Waals surface area contributed by atoms with Crippen LogP contribution in [0.15, 0.2) is 41.3 Å². The molecule has 2 N–H and O–H groups in total. The van der Waals surface area contributed by atoms with Crippen LogP contribution in [0.1, 0.15) is 43.2 Å². The zero-order chi connectivity index (χ0) is 25.5. The van der Waals surface area contributed by atoms with Gasteiger partial charge in [0.25, 0.3) is 5.92 Å². The highest BCUT2D eigenvalue weighted by Crippen LogP contribution is 2.41. The van der Waals surface area contributed by atoms with Crippen LogP contribution in [0.4, 0.5) is 18.9 Å². The van der Waals surface area contributed by atoms with E-state index in [1.54, 1.807) is 19.1 Å². The number of anilines is 1. The Bertz CT molecular complexity index is 1280. The van der Waals surface area contributed by atoms with Crippen molar-refractivity contribution >= 4 is 39.1 Å². The van der Waals surface area contributed by atoms with Crippen molar-refractivity contribution in [1.29, 1.82) is 0 Å². The second-order valence-corrected chi connectivity index (χ2v) is 10.9. The van der Waals surface area contributed by atoms with Crippen LogP contribution in [-0.4, -0.2) is 49.6 Å². The highest BCUT2D eigenvalue weighted by molar-refractivity contribution is 7.89. The van der Waals surface area contributed by atoms with Gasteiger partial charge in [0.15, 0.2) is 0 Å². The molecule has 7 nitrogen and oxygen atoms in total. The molecule has 0 aromatic heterocycles. The maximum atomic E-state index is 16.1. The van der Waals surface area contributed by atoms with Crippen LogP contribution >= 0.6 is 11.6 Å². The van der Waals surface area contributed by atoms with Gasteiger partial charge < -0.3 is 10.6 Å². The molecular weight excluding hydrogens is 507 g/mol. The zero-order valence-corrected chi connectivity index (χ0v) is 20.2. The lowest BCUT2D eigenvalue weighted by Gasteiger charge is -2.36. The molecular formula is C23H23ClF3N3O4S. The Morgan fingerprint density at radius 2 is 1.83 bits per heavy atom. The lowest BCUT2D eigenvalue weighted by atomic mass is 9.85. The second-order valence-electron chi connectivity index (χ2n) is 8.57. The maximum Gasteiger partial charge on any atom is 0.252 e. The molecule has 0 bridgehead atoms. The van der Waals surface area contributed by atoms with Crippen LogP contribution in [0.25, 0.3) is 0 Å². The summed E-state index contributed by atoms with van der Waals surface area (Å²) in [6.07, 6.45) is -1.10. The topological polar surface area (TPSA) is 95.3 Å². The van der Waals surface area contributed by atoms with E-state index in [1.165, 1.54) is 18.2 Å². The number of hydrogen-bond acceptors (Lipinski definition) is 4. The summed E-state index contributed by atoms with van der Waals surface area (Å²) in [6.45, 7) is 2.03. The first-order chi connectivity index (χ1) is 16.4. The minimum absolute atomic E-state index is 0.0367. The van der Waals surface area contributed by atoms with E-state index < -0.39 is 68.8 Å². The van der Waals surface area contributed by atoms with E-state index in [0.717, 1.165) is 10.4 Å². The Labute approximate surface area is 205 Å². The molecule has 1 unspecified atom stereocenters. The highest BCUT2D eigenvalue weighted by Gasteiger charge is 2.47. The van der Waals surface area contributed by atoms with Crippen LogP contribution in [0.5, 0.6) is 0 Å². The van der Waals surface area contributed by atoms with Crippen molar-refractivity contribution < 1.29 is 31.2 Å². The molecule has 35 heavy (non-hydrogen) atoms. The number of sulfonamides is 1. The monoisotopic (exact) mass is 529 g/mol. The van der Waals surface area contributed by atoms with E-state index in [-0.39, 0.29) is 35.8 Å². The van der Waals surface area contributed by atoms with Crippen molar-refractivity contribution in [2.75, 3.05) is 18.4 Å².